The quantitative estimate of drug-likeness (QED) is 0.709. The van der Waals surface area contributed by atoms with Crippen LogP contribution in [0.2, 0.25) is 0 Å². The van der Waals surface area contributed by atoms with E-state index in [4.69, 9.17) is 4.74 Å². The molecule has 0 aromatic rings. The maximum Gasteiger partial charge on any atom is 0.407 e. The van der Waals surface area contributed by atoms with Crippen molar-refractivity contribution in [1.29, 1.82) is 0 Å². The van der Waals surface area contributed by atoms with Gasteiger partial charge in [-0.05, 0) is 33.6 Å². The van der Waals surface area contributed by atoms with E-state index in [0.717, 1.165) is 0 Å². The van der Waals surface area contributed by atoms with Gasteiger partial charge in [0, 0.05) is 6.54 Å². The van der Waals surface area contributed by atoms with Crippen molar-refractivity contribution >= 4 is 18.0 Å². The minimum absolute atomic E-state index is 0.143. The summed E-state index contributed by atoms with van der Waals surface area (Å²) in [6.07, 6.45) is -0.955. The number of rotatable bonds is 4. The molecule has 2 atom stereocenters. The summed E-state index contributed by atoms with van der Waals surface area (Å²) in [6, 6.07) is -0.387. The first kappa shape index (κ1) is 18.2. The second-order valence-corrected chi connectivity index (χ2v) is 6.17. The first-order valence-corrected chi connectivity index (χ1v) is 7.16. The van der Waals surface area contributed by atoms with Gasteiger partial charge in [0.15, 0.2) is 0 Å². The molecule has 126 valence electrons. The van der Waals surface area contributed by atoms with Crippen molar-refractivity contribution in [1.82, 2.24) is 10.2 Å². The normalized spacial score (nSPS) is 22.2. The zero-order chi connectivity index (χ0) is 16.9. The Hall–Kier alpha value is -1.83. The standard InChI is InChI=1S/C14H24N2O6/c1-14(2,3)22-13(20)15-7-9-5-6-10(17)12(19)16(9)8-11(18)21-4/h9-10,17H,5-8H2,1-4H3,(H,15,20)/t9-,10-/m1/s1. The number of methoxy groups -OCH3 is 1. The fraction of sp³-hybridized carbons (Fsp3) is 0.786. The molecule has 0 saturated carbocycles. The van der Waals surface area contributed by atoms with Gasteiger partial charge in [-0.25, -0.2) is 4.79 Å². The highest BCUT2D eigenvalue weighted by molar-refractivity contribution is 5.86. The monoisotopic (exact) mass is 316 g/mol. The largest absolute Gasteiger partial charge is 0.468 e. The van der Waals surface area contributed by atoms with Crippen molar-refractivity contribution in [2.45, 2.75) is 51.4 Å². The average molecular weight is 316 g/mol. The summed E-state index contributed by atoms with van der Waals surface area (Å²) in [6.45, 7) is 5.13. The van der Waals surface area contributed by atoms with Crippen LogP contribution in [0.25, 0.3) is 0 Å². The Kier molecular flexibility index (Phi) is 6.16. The lowest BCUT2D eigenvalue weighted by Crippen LogP contribution is -2.55. The van der Waals surface area contributed by atoms with E-state index in [9.17, 15) is 19.5 Å². The highest BCUT2D eigenvalue weighted by Crippen LogP contribution is 2.18. The Bertz CT molecular complexity index is 432. The molecule has 0 unspecified atom stereocenters. The number of hydrogen-bond donors (Lipinski definition) is 2. The van der Waals surface area contributed by atoms with Gasteiger partial charge < -0.3 is 24.8 Å². The van der Waals surface area contributed by atoms with Gasteiger partial charge in [-0.15, -0.1) is 0 Å². The number of nitrogens with zero attached hydrogens (tertiary/aromatic N) is 1. The zero-order valence-corrected chi connectivity index (χ0v) is 13.4. The van der Waals surface area contributed by atoms with Crippen LogP contribution in [0.15, 0.2) is 0 Å². The summed E-state index contributed by atoms with van der Waals surface area (Å²) < 4.78 is 9.67. The molecule has 0 aromatic heterocycles. The number of amides is 2. The van der Waals surface area contributed by atoms with Gasteiger partial charge in [-0.1, -0.05) is 0 Å². The van der Waals surface area contributed by atoms with Crippen molar-refractivity contribution in [3.05, 3.63) is 0 Å². The molecule has 2 N–H and O–H groups in total. The molecule has 1 saturated heterocycles. The van der Waals surface area contributed by atoms with Crippen LogP contribution in [0.1, 0.15) is 33.6 Å². The summed E-state index contributed by atoms with van der Waals surface area (Å²) in [5, 5.41) is 12.2. The molecule has 0 bridgehead atoms. The Labute approximate surface area is 129 Å². The number of hydrogen-bond acceptors (Lipinski definition) is 6. The minimum Gasteiger partial charge on any atom is -0.468 e. The third-order valence-corrected chi connectivity index (χ3v) is 3.19. The Balaban J connectivity index is 2.63. The van der Waals surface area contributed by atoms with E-state index in [1.807, 2.05) is 0 Å². The number of aliphatic hydroxyl groups is 1. The van der Waals surface area contributed by atoms with Crippen molar-refractivity contribution in [2.24, 2.45) is 0 Å². The molecule has 1 aliphatic rings. The fourth-order valence-corrected chi connectivity index (χ4v) is 2.14. The predicted octanol–water partition coefficient (Wildman–Crippen LogP) is 0.0360. The number of aliphatic hydroxyl groups excluding tert-OH is 1. The Morgan fingerprint density at radius 1 is 1.36 bits per heavy atom. The van der Waals surface area contributed by atoms with Crippen LogP contribution in [-0.2, 0) is 19.1 Å². The highest BCUT2D eigenvalue weighted by atomic mass is 16.6. The molecule has 22 heavy (non-hydrogen) atoms. The zero-order valence-electron chi connectivity index (χ0n) is 13.4. The average Bonchev–Trinajstić information content (AvgIpc) is 2.41. The van der Waals surface area contributed by atoms with Crippen LogP contribution in [0.5, 0.6) is 0 Å². The third kappa shape index (κ3) is 5.51. The molecular weight excluding hydrogens is 292 g/mol. The molecule has 0 aromatic carbocycles. The lowest BCUT2D eigenvalue weighted by molar-refractivity contribution is -0.155. The minimum atomic E-state index is -1.12. The van der Waals surface area contributed by atoms with Crippen molar-refractivity contribution < 1.29 is 29.0 Å². The number of esters is 1. The van der Waals surface area contributed by atoms with E-state index < -0.39 is 29.7 Å². The third-order valence-electron chi connectivity index (χ3n) is 3.19. The molecule has 0 spiro atoms. The molecule has 1 heterocycles. The van der Waals surface area contributed by atoms with Gasteiger partial charge in [0.1, 0.15) is 18.2 Å². The van der Waals surface area contributed by atoms with E-state index in [1.165, 1.54) is 12.0 Å². The van der Waals surface area contributed by atoms with Crippen molar-refractivity contribution in [2.75, 3.05) is 20.2 Å². The van der Waals surface area contributed by atoms with Gasteiger partial charge in [-0.3, -0.25) is 9.59 Å². The molecule has 8 nitrogen and oxygen atoms in total. The Morgan fingerprint density at radius 2 is 2.00 bits per heavy atom. The highest BCUT2D eigenvalue weighted by Gasteiger charge is 2.35. The van der Waals surface area contributed by atoms with Crippen molar-refractivity contribution in [3.63, 3.8) is 0 Å². The molecule has 1 rings (SSSR count). The fourth-order valence-electron chi connectivity index (χ4n) is 2.14. The van der Waals surface area contributed by atoms with Gasteiger partial charge in [-0.2, -0.15) is 0 Å². The predicted molar refractivity (Wildman–Crippen MR) is 77.0 cm³/mol. The van der Waals surface area contributed by atoms with Crippen molar-refractivity contribution in [3.8, 4) is 0 Å². The van der Waals surface area contributed by atoms with Crippen LogP contribution in [0.3, 0.4) is 0 Å². The van der Waals surface area contributed by atoms with Gasteiger partial charge in [0.2, 0.25) is 0 Å². The number of alkyl carbamates (subject to hydrolysis) is 1. The van der Waals surface area contributed by atoms with E-state index in [1.54, 1.807) is 20.8 Å². The SMILES string of the molecule is COC(=O)CN1C(=O)[C@H](O)CC[C@@H]1CNC(=O)OC(C)(C)C. The molecular formula is C14H24N2O6. The number of carbonyl (C=O) groups excluding carboxylic acids is 3. The van der Waals surface area contributed by atoms with Crippen LogP contribution in [0, 0.1) is 0 Å². The molecule has 2 amide bonds. The molecule has 1 fully saturated rings. The van der Waals surface area contributed by atoms with E-state index in [-0.39, 0.29) is 25.6 Å². The van der Waals surface area contributed by atoms with Crippen LogP contribution in [0.4, 0.5) is 4.79 Å². The van der Waals surface area contributed by atoms with Crippen LogP contribution < -0.4 is 5.32 Å². The number of piperidine rings is 1. The maximum atomic E-state index is 12.0. The van der Waals surface area contributed by atoms with E-state index in [0.29, 0.717) is 6.42 Å². The lowest BCUT2D eigenvalue weighted by atomic mass is 9.99. The van der Waals surface area contributed by atoms with E-state index >= 15 is 0 Å². The Morgan fingerprint density at radius 3 is 2.55 bits per heavy atom. The number of nitrogens with one attached hydrogen (secondary N) is 1. The molecule has 0 radical (unpaired) electrons. The van der Waals surface area contributed by atoms with Gasteiger partial charge >= 0.3 is 12.1 Å². The second kappa shape index (κ2) is 7.44. The molecule has 0 aliphatic carbocycles. The summed E-state index contributed by atoms with van der Waals surface area (Å²) in [7, 11) is 1.22. The van der Waals surface area contributed by atoms with Gasteiger partial charge in [0.25, 0.3) is 5.91 Å². The topological polar surface area (TPSA) is 105 Å². The first-order valence-electron chi connectivity index (χ1n) is 7.16. The van der Waals surface area contributed by atoms with Gasteiger partial charge in [0.05, 0.1) is 13.2 Å². The summed E-state index contributed by atoms with van der Waals surface area (Å²) >= 11 is 0. The first-order chi connectivity index (χ1) is 10.1. The number of ether oxygens (including phenoxy) is 2. The smallest absolute Gasteiger partial charge is 0.407 e. The lowest BCUT2D eigenvalue weighted by Gasteiger charge is -2.37. The number of likely N-dealkylation sites (tertiary alicyclic amines) is 1. The van der Waals surface area contributed by atoms with Crippen LogP contribution >= 0.6 is 0 Å². The maximum absolute atomic E-state index is 12.0. The second-order valence-electron chi connectivity index (χ2n) is 6.17. The summed E-state index contributed by atoms with van der Waals surface area (Å²) in [5.41, 5.74) is -0.617. The summed E-state index contributed by atoms with van der Waals surface area (Å²) in [5.74, 6) is -1.11. The van der Waals surface area contributed by atoms with E-state index in [2.05, 4.69) is 10.1 Å². The molecule has 1 aliphatic heterocycles. The summed E-state index contributed by atoms with van der Waals surface area (Å²) in [4.78, 5) is 36.3. The molecule has 8 heteroatoms. The number of carbonyl (C=O) groups is 3. The van der Waals surface area contributed by atoms with Crippen LogP contribution in [-0.4, -0.2) is 65.9 Å².